The van der Waals surface area contributed by atoms with Gasteiger partial charge in [0.2, 0.25) is 0 Å². The molecule has 2 heterocycles. The summed E-state index contributed by atoms with van der Waals surface area (Å²) in [6.07, 6.45) is 5.24. The Kier molecular flexibility index (Phi) is 2.94. The second-order valence-electron chi connectivity index (χ2n) is 4.35. The van der Waals surface area contributed by atoms with E-state index in [-0.39, 0.29) is 0 Å². The van der Waals surface area contributed by atoms with Crippen LogP contribution in [0.5, 0.6) is 0 Å². The molecule has 2 aromatic rings. The van der Waals surface area contributed by atoms with Crippen molar-refractivity contribution in [1.29, 1.82) is 0 Å². The van der Waals surface area contributed by atoms with Gasteiger partial charge >= 0.3 is 0 Å². The third-order valence-electron chi connectivity index (χ3n) is 2.77. The Balaban J connectivity index is 1.61. The number of hydrogen-bond acceptors (Lipinski definition) is 5. The number of nitrogens with zero attached hydrogens (tertiary/aromatic N) is 2. The summed E-state index contributed by atoms with van der Waals surface area (Å²) >= 11 is 1.63. The molecule has 1 saturated carbocycles. The molecule has 1 N–H and O–H groups in total. The number of oxazole rings is 1. The first-order valence-corrected chi connectivity index (χ1v) is 6.80. The van der Waals surface area contributed by atoms with E-state index in [2.05, 4.69) is 15.3 Å². The Labute approximate surface area is 104 Å². The number of aromatic nitrogens is 2. The molecule has 0 bridgehead atoms. The highest BCUT2D eigenvalue weighted by atomic mass is 32.1. The molecule has 17 heavy (non-hydrogen) atoms. The van der Waals surface area contributed by atoms with Gasteiger partial charge in [-0.1, -0.05) is 0 Å². The minimum Gasteiger partial charge on any atom is -0.439 e. The van der Waals surface area contributed by atoms with Crippen molar-refractivity contribution in [3.8, 4) is 11.5 Å². The second-order valence-corrected chi connectivity index (χ2v) is 5.41. The molecule has 0 atom stereocenters. The lowest BCUT2D eigenvalue weighted by Crippen LogP contribution is -2.19. The summed E-state index contributed by atoms with van der Waals surface area (Å²) in [7, 11) is 0. The van der Waals surface area contributed by atoms with Crippen molar-refractivity contribution in [2.45, 2.75) is 32.2 Å². The highest BCUT2D eigenvalue weighted by Gasteiger charge is 2.20. The second kappa shape index (κ2) is 4.58. The fourth-order valence-corrected chi connectivity index (χ4v) is 2.29. The van der Waals surface area contributed by atoms with Crippen LogP contribution in [0.15, 0.2) is 16.0 Å². The fraction of sp³-hybridized carbons (Fsp3) is 0.500. The number of aryl methyl sites for hydroxylation is 1. The molecule has 0 radical (unpaired) electrons. The number of thiazole rings is 1. The third kappa shape index (κ3) is 2.73. The standard InChI is InChI=1S/C12H15N3OS/c1-8-15-10(7-17-8)11-6-14-12(16-11)4-5-13-9-2-3-9/h6-7,9,13H,2-5H2,1H3. The van der Waals surface area contributed by atoms with Crippen molar-refractivity contribution < 1.29 is 4.42 Å². The Morgan fingerprint density at radius 2 is 2.41 bits per heavy atom. The summed E-state index contributed by atoms with van der Waals surface area (Å²) < 4.78 is 5.68. The highest BCUT2D eigenvalue weighted by Crippen LogP contribution is 2.22. The van der Waals surface area contributed by atoms with E-state index >= 15 is 0 Å². The van der Waals surface area contributed by atoms with Crippen molar-refractivity contribution in [2.75, 3.05) is 6.54 Å². The van der Waals surface area contributed by atoms with E-state index in [4.69, 9.17) is 4.42 Å². The average molecular weight is 249 g/mol. The summed E-state index contributed by atoms with van der Waals surface area (Å²) in [5.41, 5.74) is 0.890. The van der Waals surface area contributed by atoms with Gasteiger partial charge in [-0.2, -0.15) is 0 Å². The molecule has 0 amide bonds. The molecular formula is C12H15N3OS. The number of rotatable bonds is 5. The topological polar surface area (TPSA) is 51.0 Å². The van der Waals surface area contributed by atoms with Crippen LogP contribution in [0, 0.1) is 6.92 Å². The third-order valence-corrected chi connectivity index (χ3v) is 3.55. The van der Waals surface area contributed by atoms with Crippen LogP contribution < -0.4 is 5.32 Å². The Bertz CT molecular complexity index is 501. The van der Waals surface area contributed by atoms with Gasteiger partial charge in [-0.3, -0.25) is 0 Å². The maximum Gasteiger partial charge on any atom is 0.196 e. The summed E-state index contributed by atoms with van der Waals surface area (Å²) in [6.45, 7) is 2.94. The van der Waals surface area contributed by atoms with E-state index in [9.17, 15) is 0 Å². The lowest BCUT2D eigenvalue weighted by molar-refractivity contribution is 0.493. The van der Waals surface area contributed by atoms with Crippen LogP contribution in [-0.2, 0) is 6.42 Å². The van der Waals surface area contributed by atoms with Gasteiger partial charge in [-0.25, -0.2) is 9.97 Å². The monoisotopic (exact) mass is 249 g/mol. The van der Waals surface area contributed by atoms with Crippen molar-refractivity contribution in [2.24, 2.45) is 0 Å². The molecule has 0 aliphatic heterocycles. The Morgan fingerprint density at radius 1 is 1.53 bits per heavy atom. The lowest BCUT2D eigenvalue weighted by Gasteiger charge is -1.98. The van der Waals surface area contributed by atoms with Crippen LogP contribution in [0.1, 0.15) is 23.7 Å². The lowest BCUT2D eigenvalue weighted by atomic mass is 10.4. The summed E-state index contributed by atoms with van der Waals surface area (Å²) in [5, 5.41) is 6.50. The smallest absolute Gasteiger partial charge is 0.196 e. The van der Waals surface area contributed by atoms with Crippen molar-refractivity contribution in [1.82, 2.24) is 15.3 Å². The first-order valence-electron chi connectivity index (χ1n) is 5.92. The quantitative estimate of drug-likeness (QED) is 0.884. The SMILES string of the molecule is Cc1nc(-c2cnc(CCNC3CC3)o2)cs1. The zero-order valence-electron chi connectivity index (χ0n) is 9.77. The first kappa shape index (κ1) is 10.9. The van der Waals surface area contributed by atoms with Gasteiger partial charge in [0.05, 0.1) is 11.2 Å². The maximum atomic E-state index is 5.68. The van der Waals surface area contributed by atoms with Crippen molar-refractivity contribution in [3.05, 3.63) is 22.5 Å². The van der Waals surface area contributed by atoms with Crippen LogP contribution >= 0.6 is 11.3 Å². The van der Waals surface area contributed by atoms with Crippen molar-refractivity contribution >= 4 is 11.3 Å². The highest BCUT2D eigenvalue weighted by molar-refractivity contribution is 7.09. The molecule has 0 aromatic carbocycles. The van der Waals surface area contributed by atoms with E-state index in [1.807, 2.05) is 12.3 Å². The zero-order valence-corrected chi connectivity index (χ0v) is 10.6. The predicted octanol–water partition coefficient (Wildman–Crippen LogP) is 2.40. The van der Waals surface area contributed by atoms with E-state index in [0.717, 1.165) is 41.4 Å². The van der Waals surface area contributed by atoms with Gasteiger partial charge in [0.25, 0.3) is 0 Å². The summed E-state index contributed by atoms with van der Waals surface area (Å²) in [4.78, 5) is 8.66. The molecule has 1 aliphatic rings. The minimum atomic E-state index is 0.741. The molecular weight excluding hydrogens is 234 g/mol. The van der Waals surface area contributed by atoms with Crippen LogP contribution in [0.3, 0.4) is 0 Å². The molecule has 4 nitrogen and oxygen atoms in total. The number of nitrogens with one attached hydrogen (secondary N) is 1. The van der Waals surface area contributed by atoms with Crippen LogP contribution in [0.4, 0.5) is 0 Å². The Hall–Kier alpha value is -1.20. The minimum absolute atomic E-state index is 0.741. The average Bonchev–Trinajstić information content (AvgIpc) is 2.85. The maximum absolute atomic E-state index is 5.68. The molecule has 1 aliphatic carbocycles. The van der Waals surface area contributed by atoms with Gasteiger partial charge in [0.1, 0.15) is 5.69 Å². The van der Waals surface area contributed by atoms with E-state index in [1.165, 1.54) is 12.8 Å². The first-order chi connectivity index (χ1) is 8.31. The predicted molar refractivity (Wildman–Crippen MR) is 67.1 cm³/mol. The zero-order chi connectivity index (χ0) is 11.7. The van der Waals surface area contributed by atoms with Crippen LogP contribution in [0.2, 0.25) is 0 Å². The molecule has 0 saturated heterocycles. The molecule has 2 aromatic heterocycles. The molecule has 3 rings (SSSR count). The van der Waals surface area contributed by atoms with Crippen molar-refractivity contribution in [3.63, 3.8) is 0 Å². The molecule has 5 heteroatoms. The fourth-order valence-electron chi connectivity index (χ4n) is 1.69. The summed E-state index contributed by atoms with van der Waals surface area (Å²) in [6, 6.07) is 0.741. The van der Waals surface area contributed by atoms with Gasteiger partial charge in [0, 0.05) is 24.4 Å². The van der Waals surface area contributed by atoms with E-state index in [1.54, 1.807) is 17.5 Å². The van der Waals surface area contributed by atoms with Crippen LogP contribution in [-0.4, -0.2) is 22.6 Å². The molecule has 1 fully saturated rings. The Morgan fingerprint density at radius 3 is 3.12 bits per heavy atom. The van der Waals surface area contributed by atoms with Gasteiger partial charge in [-0.15, -0.1) is 11.3 Å². The van der Waals surface area contributed by atoms with Gasteiger partial charge in [0.15, 0.2) is 11.7 Å². The van der Waals surface area contributed by atoms with Gasteiger partial charge in [-0.05, 0) is 19.8 Å². The molecule has 90 valence electrons. The summed E-state index contributed by atoms with van der Waals surface area (Å²) in [5.74, 6) is 1.56. The van der Waals surface area contributed by atoms with Gasteiger partial charge < -0.3 is 9.73 Å². The molecule has 0 spiro atoms. The number of hydrogen-bond donors (Lipinski definition) is 1. The molecule has 0 unspecified atom stereocenters. The van der Waals surface area contributed by atoms with E-state index < -0.39 is 0 Å². The normalized spacial score (nSPS) is 15.4. The largest absolute Gasteiger partial charge is 0.439 e. The van der Waals surface area contributed by atoms with Crippen LogP contribution in [0.25, 0.3) is 11.5 Å². The van der Waals surface area contributed by atoms with E-state index in [0.29, 0.717) is 0 Å².